The fourth-order valence-electron chi connectivity index (χ4n) is 3.84. The Morgan fingerprint density at radius 1 is 1.03 bits per heavy atom. The number of hydrogen-bond acceptors (Lipinski definition) is 3. The minimum Gasteiger partial charge on any atom is -0.334 e. The lowest BCUT2D eigenvalue weighted by Crippen LogP contribution is -2.44. The third-order valence-electron chi connectivity index (χ3n) is 5.51. The van der Waals surface area contributed by atoms with Gasteiger partial charge in [-0.2, -0.15) is 0 Å². The highest BCUT2D eigenvalue weighted by atomic mass is 16.2. The van der Waals surface area contributed by atoms with Crippen molar-refractivity contribution in [2.45, 2.75) is 26.2 Å². The zero-order valence-electron chi connectivity index (χ0n) is 16.3. The number of carbonyl (C=O) groups is 2. The van der Waals surface area contributed by atoms with Gasteiger partial charge in [0.05, 0.1) is 11.0 Å². The smallest absolute Gasteiger partial charge is 0.323 e. The Balaban J connectivity index is 1.31. The summed E-state index contributed by atoms with van der Waals surface area (Å²) in [6, 6.07) is 13.5. The van der Waals surface area contributed by atoms with Gasteiger partial charge < -0.3 is 20.2 Å². The summed E-state index contributed by atoms with van der Waals surface area (Å²) in [5.41, 5.74) is 3.96. The highest BCUT2D eigenvalue weighted by Crippen LogP contribution is 2.22. The standard InChI is InChI=1S/C22H24N4O3/c1-14-2-4-15(5-3-14)12-16-8-10-26(11-9-16)21(28)20(27)23-17-6-7-18-19(13-17)25-22(29)24-18/h2-7,13,16H,8-12H2,1H3,(H,23,27)(H2,24,25,29). The maximum atomic E-state index is 12.5. The van der Waals surface area contributed by atoms with Crippen molar-refractivity contribution in [2.24, 2.45) is 5.92 Å². The van der Waals surface area contributed by atoms with Crippen molar-refractivity contribution in [1.82, 2.24) is 14.9 Å². The van der Waals surface area contributed by atoms with Crippen LogP contribution in [0.2, 0.25) is 0 Å². The molecule has 0 saturated carbocycles. The van der Waals surface area contributed by atoms with Crippen LogP contribution in [0, 0.1) is 12.8 Å². The molecule has 3 aromatic rings. The van der Waals surface area contributed by atoms with E-state index in [-0.39, 0.29) is 5.69 Å². The van der Waals surface area contributed by atoms with Crippen molar-refractivity contribution in [3.05, 3.63) is 64.1 Å². The average Bonchev–Trinajstić information content (AvgIpc) is 3.09. The molecule has 0 bridgehead atoms. The number of nitrogens with zero attached hydrogens (tertiary/aromatic N) is 1. The van der Waals surface area contributed by atoms with Gasteiger partial charge in [0.2, 0.25) is 0 Å². The molecular weight excluding hydrogens is 368 g/mol. The lowest BCUT2D eigenvalue weighted by Gasteiger charge is -2.31. The van der Waals surface area contributed by atoms with Crippen molar-refractivity contribution in [3.8, 4) is 0 Å². The zero-order chi connectivity index (χ0) is 20.4. The fourth-order valence-corrected chi connectivity index (χ4v) is 3.84. The molecular formula is C22H24N4O3. The van der Waals surface area contributed by atoms with Crippen molar-refractivity contribution < 1.29 is 9.59 Å². The van der Waals surface area contributed by atoms with Crippen molar-refractivity contribution in [2.75, 3.05) is 18.4 Å². The topological polar surface area (TPSA) is 98.1 Å². The molecule has 2 heterocycles. The third-order valence-corrected chi connectivity index (χ3v) is 5.51. The van der Waals surface area contributed by atoms with Crippen LogP contribution in [0.25, 0.3) is 11.0 Å². The second-order valence-electron chi connectivity index (χ2n) is 7.72. The van der Waals surface area contributed by atoms with Crippen LogP contribution < -0.4 is 11.0 Å². The lowest BCUT2D eigenvalue weighted by molar-refractivity contribution is -0.144. The molecule has 0 radical (unpaired) electrons. The number of anilines is 1. The van der Waals surface area contributed by atoms with Crippen molar-refractivity contribution >= 4 is 28.5 Å². The number of aryl methyl sites for hydroxylation is 1. The van der Waals surface area contributed by atoms with E-state index in [1.165, 1.54) is 11.1 Å². The molecule has 0 atom stereocenters. The predicted molar refractivity (Wildman–Crippen MR) is 112 cm³/mol. The van der Waals surface area contributed by atoms with Gasteiger partial charge in [-0.1, -0.05) is 29.8 Å². The minimum atomic E-state index is -0.654. The number of rotatable bonds is 3. The van der Waals surface area contributed by atoms with Gasteiger partial charge in [0.15, 0.2) is 0 Å². The van der Waals surface area contributed by atoms with E-state index in [0.717, 1.165) is 19.3 Å². The molecule has 1 aliphatic rings. The Labute approximate surface area is 168 Å². The fraction of sp³-hybridized carbons (Fsp3) is 0.318. The SMILES string of the molecule is Cc1ccc(CC2CCN(C(=O)C(=O)Nc3ccc4[nH]c(=O)[nH]c4c3)CC2)cc1. The zero-order valence-corrected chi connectivity index (χ0v) is 16.3. The molecule has 1 aliphatic heterocycles. The van der Waals surface area contributed by atoms with Crippen LogP contribution in [0.15, 0.2) is 47.3 Å². The Morgan fingerprint density at radius 2 is 1.72 bits per heavy atom. The van der Waals surface area contributed by atoms with Gasteiger partial charge in [0.25, 0.3) is 0 Å². The monoisotopic (exact) mass is 392 g/mol. The van der Waals surface area contributed by atoms with E-state index < -0.39 is 11.8 Å². The summed E-state index contributed by atoms with van der Waals surface area (Å²) in [7, 11) is 0. The summed E-state index contributed by atoms with van der Waals surface area (Å²) < 4.78 is 0. The van der Waals surface area contributed by atoms with Crippen molar-refractivity contribution in [1.29, 1.82) is 0 Å². The van der Waals surface area contributed by atoms with Gasteiger partial charge in [0.1, 0.15) is 0 Å². The maximum absolute atomic E-state index is 12.5. The Kier molecular flexibility index (Phi) is 5.20. The molecule has 2 aromatic carbocycles. The average molecular weight is 392 g/mol. The highest BCUT2D eigenvalue weighted by Gasteiger charge is 2.27. The van der Waals surface area contributed by atoms with E-state index in [1.54, 1.807) is 23.1 Å². The largest absolute Gasteiger partial charge is 0.334 e. The van der Waals surface area contributed by atoms with Crippen LogP contribution in [-0.4, -0.2) is 39.8 Å². The van der Waals surface area contributed by atoms with Gasteiger partial charge in [-0.25, -0.2) is 4.79 Å². The molecule has 1 fully saturated rings. The number of fused-ring (bicyclic) bond motifs is 1. The minimum absolute atomic E-state index is 0.312. The third kappa shape index (κ3) is 4.39. The van der Waals surface area contributed by atoms with Crippen LogP contribution in [0.4, 0.5) is 5.69 Å². The summed E-state index contributed by atoms with van der Waals surface area (Å²) in [6.07, 6.45) is 2.79. The molecule has 7 heteroatoms. The first-order chi connectivity index (χ1) is 14.0. The summed E-state index contributed by atoms with van der Waals surface area (Å²) in [5, 5.41) is 2.63. The molecule has 0 spiro atoms. The number of carbonyl (C=O) groups excluding carboxylic acids is 2. The Bertz CT molecular complexity index is 1090. The maximum Gasteiger partial charge on any atom is 0.323 e. The molecule has 1 aromatic heterocycles. The van der Waals surface area contributed by atoms with E-state index in [1.807, 2.05) is 0 Å². The van der Waals surface area contributed by atoms with Crippen LogP contribution in [-0.2, 0) is 16.0 Å². The van der Waals surface area contributed by atoms with Crippen molar-refractivity contribution in [3.63, 3.8) is 0 Å². The van der Waals surface area contributed by atoms with Gasteiger partial charge in [-0.15, -0.1) is 0 Å². The number of amides is 2. The molecule has 0 unspecified atom stereocenters. The van der Waals surface area contributed by atoms with E-state index in [9.17, 15) is 14.4 Å². The second kappa shape index (κ2) is 7.95. The van der Waals surface area contributed by atoms with E-state index in [2.05, 4.69) is 46.5 Å². The number of piperidine rings is 1. The van der Waals surface area contributed by atoms with Crippen LogP contribution in [0.3, 0.4) is 0 Å². The predicted octanol–water partition coefficient (Wildman–Crippen LogP) is 2.58. The Morgan fingerprint density at radius 3 is 2.45 bits per heavy atom. The molecule has 150 valence electrons. The molecule has 1 saturated heterocycles. The summed E-state index contributed by atoms with van der Waals surface area (Å²) in [6.45, 7) is 3.26. The number of aromatic nitrogens is 2. The number of imidazole rings is 1. The first kappa shape index (κ1) is 19.0. The first-order valence-electron chi connectivity index (χ1n) is 9.86. The Hall–Kier alpha value is -3.35. The van der Waals surface area contributed by atoms with Gasteiger partial charge in [-0.05, 0) is 55.9 Å². The summed E-state index contributed by atoms with van der Waals surface area (Å²) >= 11 is 0. The van der Waals surface area contributed by atoms with Gasteiger partial charge in [-0.3, -0.25) is 9.59 Å². The second-order valence-corrected chi connectivity index (χ2v) is 7.72. The van der Waals surface area contributed by atoms with Crippen LogP contribution >= 0.6 is 0 Å². The number of aromatic amines is 2. The molecule has 29 heavy (non-hydrogen) atoms. The number of nitrogens with one attached hydrogen (secondary N) is 3. The first-order valence-corrected chi connectivity index (χ1v) is 9.86. The van der Waals surface area contributed by atoms with Gasteiger partial charge >= 0.3 is 17.5 Å². The number of benzene rings is 2. The quantitative estimate of drug-likeness (QED) is 0.598. The molecule has 0 aliphatic carbocycles. The number of hydrogen-bond donors (Lipinski definition) is 3. The number of likely N-dealkylation sites (tertiary alicyclic amines) is 1. The summed E-state index contributed by atoms with van der Waals surface area (Å²) in [5.74, 6) is -0.640. The van der Waals surface area contributed by atoms with E-state index in [4.69, 9.17) is 0 Å². The van der Waals surface area contributed by atoms with Gasteiger partial charge in [0, 0.05) is 18.8 Å². The van der Waals surface area contributed by atoms with E-state index >= 15 is 0 Å². The highest BCUT2D eigenvalue weighted by molar-refractivity contribution is 6.39. The molecule has 2 amide bonds. The van der Waals surface area contributed by atoms with Crippen LogP contribution in [0.5, 0.6) is 0 Å². The number of H-pyrrole nitrogens is 2. The normalized spacial score (nSPS) is 14.9. The molecule has 4 rings (SSSR count). The lowest BCUT2D eigenvalue weighted by atomic mass is 9.90. The van der Waals surface area contributed by atoms with E-state index in [0.29, 0.717) is 35.7 Å². The summed E-state index contributed by atoms with van der Waals surface area (Å²) in [4.78, 5) is 43.1. The van der Waals surface area contributed by atoms with Crippen LogP contribution in [0.1, 0.15) is 24.0 Å². The molecule has 3 N–H and O–H groups in total. The molecule has 7 nitrogen and oxygen atoms in total.